The van der Waals surface area contributed by atoms with Crippen LogP contribution in [0.2, 0.25) is 0 Å². The van der Waals surface area contributed by atoms with Gasteiger partial charge in [-0.2, -0.15) is 0 Å². The first-order valence-electron chi connectivity index (χ1n) is 4.38. The maximum absolute atomic E-state index is 13.8. The van der Waals surface area contributed by atoms with Gasteiger partial charge >= 0.3 is 0 Å². The summed E-state index contributed by atoms with van der Waals surface area (Å²) in [6, 6.07) is 13.1. The minimum atomic E-state index is -0.209. The predicted octanol–water partition coefficient (Wildman–Crippen LogP) is 4.86. The SMILES string of the molecule is Fc1c(Br)cccc1-c1cccc(I)c1. The molecule has 0 aliphatic carbocycles. The molecule has 2 rings (SSSR count). The first kappa shape index (κ1) is 11.1. The zero-order chi connectivity index (χ0) is 10.8. The molecule has 0 aromatic heterocycles. The van der Waals surface area contributed by atoms with Crippen LogP contribution in [0.1, 0.15) is 0 Å². The monoisotopic (exact) mass is 376 g/mol. The third kappa shape index (κ3) is 2.39. The molecule has 0 N–H and O–H groups in total. The van der Waals surface area contributed by atoms with Gasteiger partial charge in [-0.25, -0.2) is 4.39 Å². The molecule has 15 heavy (non-hydrogen) atoms. The molecule has 0 heterocycles. The number of halogens is 3. The van der Waals surface area contributed by atoms with E-state index >= 15 is 0 Å². The third-order valence-corrected chi connectivity index (χ3v) is 3.37. The zero-order valence-electron chi connectivity index (χ0n) is 7.68. The van der Waals surface area contributed by atoms with Crippen molar-refractivity contribution in [3.63, 3.8) is 0 Å². The Balaban J connectivity index is 2.59. The van der Waals surface area contributed by atoms with E-state index in [1.165, 1.54) is 0 Å². The lowest BCUT2D eigenvalue weighted by Gasteiger charge is -2.05. The van der Waals surface area contributed by atoms with Crippen molar-refractivity contribution in [2.45, 2.75) is 0 Å². The molecule has 3 heteroatoms. The van der Waals surface area contributed by atoms with Crippen molar-refractivity contribution in [3.05, 3.63) is 56.3 Å². The summed E-state index contributed by atoms with van der Waals surface area (Å²) >= 11 is 5.40. The Hall–Kier alpha value is -0.420. The predicted molar refractivity (Wildman–Crippen MR) is 72.3 cm³/mol. The lowest BCUT2D eigenvalue weighted by molar-refractivity contribution is 0.624. The minimum Gasteiger partial charge on any atom is -0.205 e. The van der Waals surface area contributed by atoms with Crippen molar-refractivity contribution in [3.8, 4) is 11.1 Å². The summed E-state index contributed by atoms with van der Waals surface area (Å²) in [5, 5.41) is 0. The Morgan fingerprint density at radius 3 is 2.53 bits per heavy atom. The number of rotatable bonds is 1. The van der Waals surface area contributed by atoms with E-state index in [1.54, 1.807) is 12.1 Å². The van der Waals surface area contributed by atoms with Gasteiger partial charge in [-0.3, -0.25) is 0 Å². The van der Waals surface area contributed by atoms with E-state index in [4.69, 9.17) is 0 Å². The third-order valence-electron chi connectivity index (χ3n) is 2.09. The van der Waals surface area contributed by atoms with Crippen LogP contribution < -0.4 is 0 Å². The highest BCUT2D eigenvalue weighted by Gasteiger charge is 2.07. The van der Waals surface area contributed by atoms with E-state index in [9.17, 15) is 4.39 Å². The Morgan fingerprint density at radius 1 is 1.07 bits per heavy atom. The Kier molecular flexibility index (Phi) is 3.41. The quantitative estimate of drug-likeness (QED) is 0.623. The molecule has 0 radical (unpaired) electrons. The highest BCUT2D eigenvalue weighted by Crippen LogP contribution is 2.28. The fourth-order valence-electron chi connectivity index (χ4n) is 1.38. The molecule has 0 spiro atoms. The minimum absolute atomic E-state index is 0.209. The Bertz CT molecular complexity index is 497. The summed E-state index contributed by atoms with van der Waals surface area (Å²) in [5.41, 5.74) is 1.53. The van der Waals surface area contributed by atoms with Crippen molar-refractivity contribution in [1.82, 2.24) is 0 Å². The van der Waals surface area contributed by atoms with E-state index in [0.717, 1.165) is 9.13 Å². The fraction of sp³-hybridized carbons (Fsp3) is 0. The van der Waals surface area contributed by atoms with E-state index in [0.29, 0.717) is 10.0 Å². The van der Waals surface area contributed by atoms with Crippen LogP contribution in [-0.4, -0.2) is 0 Å². The van der Waals surface area contributed by atoms with E-state index in [-0.39, 0.29) is 5.82 Å². The second-order valence-corrected chi connectivity index (χ2v) is 5.21. The van der Waals surface area contributed by atoms with Crippen molar-refractivity contribution in [2.75, 3.05) is 0 Å². The smallest absolute Gasteiger partial charge is 0.145 e. The molecule has 0 saturated carbocycles. The zero-order valence-corrected chi connectivity index (χ0v) is 11.4. The van der Waals surface area contributed by atoms with Gasteiger partial charge in [0.15, 0.2) is 0 Å². The largest absolute Gasteiger partial charge is 0.205 e. The van der Waals surface area contributed by atoms with Gasteiger partial charge in [0.25, 0.3) is 0 Å². The van der Waals surface area contributed by atoms with E-state index in [2.05, 4.69) is 38.5 Å². The van der Waals surface area contributed by atoms with E-state index in [1.807, 2.05) is 30.3 Å². The highest BCUT2D eigenvalue weighted by molar-refractivity contribution is 14.1. The van der Waals surface area contributed by atoms with Gasteiger partial charge in [-0.1, -0.05) is 24.3 Å². The fourth-order valence-corrected chi connectivity index (χ4v) is 2.29. The molecule has 0 fully saturated rings. The van der Waals surface area contributed by atoms with Gasteiger partial charge in [-0.05, 0) is 62.3 Å². The maximum Gasteiger partial charge on any atom is 0.145 e. The van der Waals surface area contributed by atoms with Crippen molar-refractivity contribution >= 4 is 38.5 Å². The lowest BCUT2D eigenvalue weighted by Crippen LogP contribution is -1.85. The molecule has 0 bridgehead atoms. The second-order valence-electron chi connectivity index (χ2n) is 3.11. The van der Waals surface area contributed by atoms with Crippen LogP contribution >= 0.6 is 38.5 Å². The summed E-state index contributed by atoms with van der Waals surface area (Å²) < 4.78 is 15.4. The maximum atomic E-state index is 13.8. The van der Waals surface area contributed by atoms with Gasteiger partial charge in [-0.15, -0.1) is 0 Å². The summed E-state index contributed by atoms with van der Waals surface area (Å²) in [5.74, 6) is -0.209. The molecule has 0 amide bonds. The topological polar surface area (TPSA) is 0 Å². The van der Waals surface area contributed by atoms with E-state index < -0.39 is 0 Å². The van der Waals surface area contributed by atoms with Crippen LogP contribution in [0, 0.1) is 9.39 Å². The molecule has 76 valence electrons. The lowest BCUT2D eigenvalue weighted by atomic mass is 10.1. The van der Waals surface area contributed by atoms with Crippen molar-refractivity contribution in [1.29, 1.82) is 0 Å². The highest BCUT2D eigenvalue weighted by atomic mass is 127. The van der Waals surface area contributed by atoms with Crippen molar-refractivity contribution in [2.24, 2.45) is 0 Å². The molecule has 0 aliphatic rings. The number of hydrogen-bond donors (Lipinski definition) is 0. The average Bonchev–Trinajstić information content (AvgIpc) is 2.22. The van der Waals surface area contributed by atoms with Crippen LogP contribution in [0.3, 0.4) is 0 Å². The van der Waals surface area contributed by atoms with Crippen LogP contribution in [-0.2, 0) is 0 Å². The van der Waals surface area contributed by atoms with Crippen molar-refractivity contribution < 1.29 is 4.39 Å². The molecule has 0 atom stereocenters. The molecule has 0 unspecified atom stereocenters. The van der Waals surface area contributed by atoms with Crippen LogP contribution in [0.4, 0.5) is 4.39 Å². The standard InChI is InChI=1S/C12H7BrFI/c13-11-6-2-5-10(12(11)14)8-3-1-4-9(15)7-8/h1-7H. The molecule has 0 aliphatic heterocycles. The molecule has 2 aromatic carbocycles. The second kappa shape index (κ2) is 4.61. The van der Waals surface area contributed by atoms with Crippen LogP contribution in [0.5, 0.6) is 0 Å². The first-order valence-corrected chi connectivity index (χ1v) is 6.25. The van der Waals surface area contributed by atoms with Gasteiger partial charge in [0.05, 0.1) is 4.47 Å². The average molecular weight is 377 g/mol. The Labute approximate surface area is 110 Å². The van der Waals surface area contributed by atoms with Gasteiger partial charge < -0.3 is 0 Å². The van der Waals surface area contributed by atoms with Gasteiger partial charge in [0, 0.05) is 9.13 Å². The first-order chi connectivity index (χ1) is 7.18. The number of hydrogen-bond acceptors (Lipinski definition) is 0. The number of benzene rings is 2. The van der Waals surface area contributed by atoms with Gasteiger partial charge in [0.1, 0.15) is 5.82 Å². The van der Waals surface area contributed by atoms with Crippen LogP contribution in [0.25, 0.3) is 11.1 Å². The normalized spacial score (nSPS) is 10.3. The summed E-state index contributed by atoms with van der Waals surface area (Å²) in [4.78, 5) is 0. The summed E-state index contributed by atoms with van der Waals surface area (Å²) in [6.07, 6.45) is 0. The molecular formula is C12H7BrFI. The molecule has 2 aromatic rings. The summed E-state index contributed by atoms with van der Waals surface area (Å²) in [7, 11) is 0. The molecule has 0 nitrogen and oxygen atoms in total. The molecule has 0 saturated heterocycles. The summed E-state index contributed by atoms with van der Waals surface area (Å²) in [6.45, 7) is 0. The Morgan fingerprint density at radius 2 is 1.80 bits per heavy atom. The van der Waals surface area contributed by atoms with Crippen LogP contribution in [0.15, 0.2) is 46.9 Å². The van der Waals surface area contributed by atoms with Gasteiger partial charge in [0.2, 0.25) is 0 Å². The molecular weight excluding hydrogens is 370 g/mol.